The van der Waals surface area contributed by atoms with Crippen LogP contribution >= 0.6 is 0 Å². The van der Waals surface area contributed by atoms with Gasteiger partial charge in [-0.1, -0.05) is 44.2 Å². The van der Waals surface area contributed by atoms with Crippen LogP contribution in [-0.4, -0.2) is 11.6 Å². The van der Waals surface area contributed by atoms with Crippen LogP contribution in [0.5, 0.6) is 0 Å². The number of rotatable bonds is 5. The summed E-state index contributed by atoms with van der Waals surface area (Å²) in [6.45, 7) is 5.41. The summed E-state index contributed by atoms with van der Waals surface area (Å²) in [6.07, 6.45) is 0.472. The molecule has 2 heteroatoms. The lowest BCUT2D eigenvalue weighted by Gasteiger charge is -2.17. The van der Waals surface area contributed by atoms with E-state index in [-0.39, 0.29) is 23.4 Å². The predicted molar refractivity (Wildman–Crippen MR) is 64.4 cm³/mol. The van der Waals surface area contributed by atoms with Crippen LogP contribution in [0.2, 0.25) is 0 Å². The highest BCUT2D eigenvalue weighted by molar-refractivity contribution is 5.98. The van der Waals surface area contributed by atoms with Crippen molar-refractivity contribution in [3.63, 3.8) is 0 Å². The molecule has 0 aliphatic carbocycles. The van der Waals surface area contributed by atoms with Crippen molar-refractivity contribution in [3.8, 4) is 0 Å². The molecule has 1 aromatic rings. The number of ketones is 2. The van der Waals surface area contributed by atoms with Gasteiger partial charge in [-0.3, -0.25) is 4.79 Å². The van der Waals surface area contributed by atoms with Crippen LogP contribution in [0.15, 0.2) is 30.3 Å². The zero-order chi connectivity index (χ0) is 12.1. The van der Waals surface area contributed by atoms with Gasteiger partial charge in [-0.25, -0.2) is 0 Å². The summed E-state index contributed by atoms with van der Waals surface area (Å²) in [7, 11) is 0. The van der Waals surface area contributed by atoms with Gasteiger partial charge in [0.25, 0.3) is 0 Å². The summed E-state index contributed by atoms with van der Waals surface area (Å²) in [5.41, 5.74) is 0.727. The monoisotopic (exact) mass is 218 g/mol. The molecule has 0 heterocycles. The molecule has 0 fully saturated rings. The Morgan fingerprint density at radius 1 is 1.12 bits per heavy atom. The van der Waals surface area contributed by atoms with E-state index in [1.54, 1.807) is 6.92 Å². The standard InChI is InChI=1S/C14H18O2/c1-10(9-11(2)15)12(3)14(16)13-7-5-4-6-8-13/h4-8,10,12H,9H2,1-3H3/t10-,12-/m0/s1. The molecule has 0 radical (unpaired) electrons. The quantitative estimate of drug-likeness (QED) is 0.711. The topological polar surface area (TPSA) is 34.1 Å². The fourth-order valence-corrected chi connectivity index (χ4v) is 1.75. The Hall–Kier alpha value is -1.44. The number of carbonyl (C=O) groups excluding carboxylic acids is 2. The smallest absolute Gasteiger partial charge is 0.165 e. The van der Waals surface area contributed by atoms with E-state index in [4.69, 9.17) is 0 Å². The van der Waals surface area contributed by atoms with Gasteiger partial charge in [0, 0.05) is 17.9 Å². The zero-order valence-corrected chi connectivity index (χ0v) is 10.1. The van der Waals surface area contributed by atoms with Gasteiger partial charge >= 0.3 is 0 Å². The van der Waals surface area contributed by atoms with Gasteiger partial charge in [0.2, 0.25) is 0 Å². The Morgan fingerprint density at radius 3 is 2.19 bits per heavy atom. The highest BCUT2D eigenvalue weighted by Gasteiger charge is 2.22. The highest BCUT2D eigenvalue weighted by atomic mass is 16.1. The average Bonchev–Trinajstić information content (AvgIpc) is 2.27. The fraction of sp³-hybridized carbons (Fsp3) is 0.429. The second kappa shape index (κ2) is 5.59. The van der Waals surface area contributed by atoms with Crippen molar-refractivity contribution < 1.29 is 9.59 Å². The molecule has 86 valence electrons. The number of benzene rings is 1. The van der Waals surface area contributed by atoms with E-state index >= 15 is 0 Å². The van der Waals surface area contributed by atoms with Crippen molar-refractivity contribution >= 4 is 11.6 Å². The first-order valence-corrected chi connectivity index (χ1v) is 5.61. The summed E-state index contributed by atoms with van der Waals surface area (Å²) in [5.74, 6) is 0.256. The molecule has 0 saturated carbocycles. The van der Waals surface area contributed by atoms with E-state index in [9.17, 15) is 9.59 Å². The predicted octanol–water partition coefficient (Wildman–Crippen LogP) is 3.12. The van der Waals surface area contributed by atoms with Gasteiger partial charge in [-0.05, 0) is 12.8 Å². The second-order valence-corrected chi connectivity index (χ2v) is 4.40. The van der Waals surface area contributed by atoms with E-state index in [1.165, 1.54) is 0 Å². The SMILES string of the molecule is CC(=O)C[C@H](C)[C@H](C)C(=O)c1ccccc1. The van der Waals surface area contributed by atoms with Gasteiger partial charge in [0.15, 0.2) is 5.78 Å². The molecule has 0 spiro atoms. The molecule has 2 nitrogen and oxygen atoms in total. The molecule has 0 unspecified atom stereocenters. The van der Waals surface area contributed by atoms with E-state index < -0.39 is 0 Å². The lowest BCUT2D eigenvalue weighted by molar-refractivity contribution is -0.117. The Bertz CT molecular complexity index is 368. The average molecular weight is 218 g/mol. The molecule has 0 amide bonds. The van der Waals surface area contributed by atoms with Crippen LogP contribution in [0.3, 0.4) is 0 Å². The van der Waals surface area contributed by atoms with Gasteiger partial charge in [0.1, 0.15) is 5.78 Å². The molecule has 0 bridgehead atoms. The normalized spacial score (nSPS) is 14.2. The van der Waals surface area contributed by atoms with E-state index in [0.29, 0.717) is 6.42 Å². The molecule has 0 saturated heterocycles. The first kappa shape index (κ1) is 12.6. The van der Waals surface area contributed by atoms with Gasteiger partial charge < -0.3 is 4.79 Å². The van der Waals surface area contributed by atoms with E-state index in [0.717, 1.165) is 5.56 Å². The Balaban J connectivity index is 2.71. The maximum atomic E-state index is 12.1. The lowest BCUT2D eigenvalue weighted by atomic mass is 9.85. The maximum absolute atomic E-state index is 12.1. The minimum absolute atomic E-state index is 0.102. The van der Waals surface area contributed by atoms with Crippen molar-refractivity contribution in [2.24, 2.45) is 11.8 Å². The van der Waals surface area contributed by atoms with Crippen molar-refractivity contribution in [1.82, 2.24) is 0 Å². The summed E-state index contributed by atoms with van der Waals surface area (Å²) < 4.78 is 0. The molecule has 2 atom stereocenters. The van der Waals surface area contributed by atoms with Gasteiger partial charge in [-0.2, -0.15) is 0 Å². The third-order valence-electron chi connectivity index (χ3n) is 2.93. The molecule has 0 aliphatic heterocycles. The largest absolute Gasteiger partial charge is 0.300 e. The molecule has 0 aromatic heterocycles. The molecule has 16 heavy (non-hydrogen) atoms. The number of carbonyl (C=O) groups is 2. The number of Topliss-reactive ketones (excluding diaryl/α,β-unsaturated/α-hetero) is 2. The van der Waals surface area contributed by atoms with Crippen molar-refractivity contribution in [2.75, 3.05) is 0 Å². The first-order chi connectivity index (χ1) is 7.52. The minimum Gasteiger partial charge on any atom is -0.300 e. The summed E-state index contributed by atoms with van der Waals surface area (Å²) >= 11 is 0. The van der Waals surface area contributed by atoms with Crippen LogP contribution < -0.4 is 0 Å². The maximum Gasteiger partial charge on any atom is 0.165 e. The fourth-order valence-electron chi connectivity index (χ4n) is 1.75. The minimum atomic E-state index is -0.105. The zero-order valence-electron chi connectivity index (χ0n) is 10.1. The van der Waals surface area contributed by atoms with Crippen LogP contribution in [0, 0.1) is 11.8 Å². The lowest BCUT2D eigenvalue weighted by Crippen LogP contribution is -2.20. The molecule has 0 N–H and O–H groups in total. The Kier molecular flexibility index (Phi) is 4.41. The number of hydrogen-bond donors (Lipinski definition) is 0. The molecule has 1 rings (SSSR count). The van der Waals surface area contributed by atoms with Crippen molar-refractivity contribution in [3.05, 3.63) is 35.9 Å². The third kappa shape index (κ3) is 3.30. The second-order valence-electron chi connectivity index (χ2n) is 4.40. The van der Waals surface area contributed by atoms with Crippen LogP contribution in [0.4, 0.5) is 0 Å². The Labute approximate surface area is 96.7 Å². The van der Waals surface area contributed by atoms with E-state index in [2.05, 4.69) is 0 Å². The van der Waals surface area contributed by atoms with E-state index in [1.807, 2.05) is 44.2 Å². The molecular formula is C14H18O2. The highest BCUT2D eigenvalue weighted by Crippen LogP contribution is 2.20. The Morgan fingerprint density at radius 2 is 1.69 bits per heavy atom. The van der Waals surface area contributed by atoms with Gasteiger partial charge in [-0.15, -0.1) is 0 Å². The van der Waals surface area contributed by atoms with Crippen molar-refractivity contribution in [1.29, 1.82) is 0 Å². The first-order valence-electron chi connectivity index (χ1n) is 5.61. The van der Waals surface area contributed by atoms with Gasteiger partial charge in [0.05, 0.1) is 0 Å². The van der Waals surface area contributed by atoms with Crippen LogP contribution in [-0.2, 0) is 4.79 Å². The summed E-state index contributed by atoms with van der Waals surface area (Å²) in [5, 5.41) is 0. The number of hydrogen-bond acceptors (Lipinski definition) is 2. The van der Waals surface area contributed by atoms with Crippen LogP contribution in [0.25, 0.3) is 0 Å². The summed E-state index contributed by atoms with van der Waals surface area (Å²) in [6, 6.07) is 9.24. The molecule has 1 aromatic carbocycles. The molecule has 0 aliphatic rings. The van der Waals surface area contributed by atoms with Crippen molar-refractivity contribution in [2.45, 2.75) is 27.2 Å². The molecular weight excluding hydrogens is 200 g/mol. The van der Waals surface area contributed by atoms with Crippen LogP contribution in [0.1, 0.15) is 37.6 Å². The third-order valence-corrected chi connectivity index (χ3v) is 2.93. The summed E-state index contributed by atoms with van der Waals surface area (Å²) in [4.78, 5) is 23.1.